The van der Waals surface area contributed by atoms with Crippen molar-refractivity contribution in [2.45, 2.75) is 23.8 Å². The van der Waals surface area contributed by atoms with Crippen LogP contribution in [0, 0.1) is 0 Å². The zero-order valence-corrected chi connectivity index (χ0v) is 12.3. The summed E-state index contributed by atoms with van der Waals surface area (Å²) in [6.45, 7) is 1.57. The lowest BCUT2D eigenvalue weighted by Crippen LogP contribution is -2.44. The fourth-order valence-corrected chi connectivity index (χ4v) is 3.65. The van der Waals surface area contributed by atoms with Gasteiger partial charge >= 0.3 is 0 Å². The molecule has 1 saturated heterocycles. The molecule has 0 aliphatic carbocycles. The molecule has 3 rings (SSSR count). The predicted octanol–water partition coefficient (Wildman–Crippen LogP) is 0.752. The summed E-state index contributed by atoms with van der Waals surface area (Å²) in [6.07, 6.45) is 5.97. The summed E-state index contributed by atoms with van der Waals surface area (Å²) in [7, 11) is -3.48. The van der Waals surface area contributed by atoms with Crippen molar-refractivity contribution < 1.29 is 8.42 Å². The number of aromatic amines is 1. The average molecular weight is 307 g/mol. The first-order chi connectivity index (χ1) is 10.1. The van der Waals surface area contributed by atoms with Gasteiger partial charge in [0.1, 0.15) is 10.7 Å². The Bertz CT molecular complexity index is 664. The lowest BCUT2D eigenvalue weighted by Gasteiger charge is -2.32. The van der Waals surface area contributed by atoms with Gasteiger partial charge in [-0.15, -0.1) is 0 Å². The van der Waals surface area contributed by atoms with Crippen molar-refractivity contribution in [2.75, 3.05) is 18.0 Å². The molecule has 3 heterocycles. The van der Waals surface area contributed by atoms with Crippen molar-refractivity contribution in [3.63, 3.8) is 0 Å². The molecule has 7 nitrogen and oxygen atoms in total. The van der Waals surface area contributed by atoms with E-state index in [9.17, 15) is 8.42 Å². The highest BCUT2D eigenvalue weighted by Gasteiger charge is 2.25. The maximum atomic E-state index is 12.1. The summed E-state index contributed by atoms with van der Waals surface area (Å²) in [6, 6.07) is 5.76. The third-order valence-corrected chi connectivity index (χ3v) is 5.06. The second-order valence-electron chi connectivity index (χ2n) is 5.00. The van der Waals surface area contributed by atoms with Crippen LogP contribution in [0.5, 0.6) is 0 Å². The van der Waals surface area contributed by atoms with E-state index in [4.69, 9.17) is 0 Å². The molecule has 0 atom stereocenters. The molecule has 2 aromatic heterocycles. The van der Waals surface area contributed by atoms with Crippen LogP contribution in [0.15, 0.2) is 41.7 Å². The first-order valence-electron chi connectivity index (χ1n) is 6.82. The third-order valence-electron chi connectivity index (χ3n) is 3.57. The predicted molar refractivity (Wildman–Crippen MR) is 78.4 cm³/mol. The van der Waals surface area contributed by atoms with E-state index in [0.29, 0.717) is 0 Å². The number of rotatable bonds is 4. The second kappa shape index (κ2) is 5.82. The smallest absolute Gasteiger partial charge is 0.243 e. The number of H-pyrrole nitrogens is 1. The summed E-state index contributed by atoms with van der Waals surface area (Å²) < 4.78 is 27.0. The van der Waals surface area contributed by atoms with Crippen LogP contribution < -0.4 is 9.62 Å². The Morgan fingerprint density at radius 3 is 2.71 bits per heavy atom. The number of nitrogens with zero attached hydrogens (tertiary/aromatic N) is 3. The van der Waals surface area contributed by atoms with E-state index < -0.39 is 10.0 Å². The molecule has 112 valence electrons. The van der Waals surface area contributed by atoms with Gasteiger partial charge in [0, 0.05) is 31.5 Å². The number of aromatic nitrogens is 3. The topological polar surface area (TPSA) is 91.0 Å². The number of hydrogen-bond acceptors (Lipinski definition) is 5. The van der Waals surface area contributed by atoms with Gasteiger partial charge in [-0.2, -0.15) is 5.10 Å². The van der Waals surface area contributed by atoms with Gasteiger partial charge in [0.25, 0.3) is 0 Å². The van der Waals surface area contributed by atoms with Gasteiger partial charge in [0.15, 0.2) is 0 Å². The standard InChI is InChI=1S/C13H17N5O2S/c19-21(20,12-9-15-16-10-12)17-11-4-7-18(8-5-11)13-3-1-2-6-14-13/h1-3,6,9-11,17H,4-5,7-8H2,(H,15,16). The number of piperidine rings is 1. The van der Waals surface area contributed by atoms with Gasteiger partial charge in [-0.1, -0.05) is 6.07 Å². The molecule has 2 N–H and O–H groups in total. The first kappa shape index (κ1) is 14.0. The molecule has 8 heteroatoms. The number of pyridine rings is 1. The van der Waals surface area contributed by atoms with E-state index in [-0.39, 0.29) is 10.9 Å². The molecule has 1 aliphatic rings. The normalized spacial score (nSPS) is 17.0. The molecule has 0 saturated carbocycles. The largest absolute Gasteiger partial charge is 0.357 e. The van der Waals surface area contributed by atoms with Crippen LogP contribution in [0.25, 0.3) is 0 Å². The molecular weight excluding hydrogens is 290 g/mol. The summed E-state index contributed by atoms with van der Waals surface area (Å²) in [5.41, 5.74) is 0. The van der Waals surface area contributed by atoms with Crippen molar-refractivity contribution >= 4 is 15.8 Å². The van der Waals surface area contributed by atoms with Crippen molar-refractivity contribution in [3.8, 4) is 0 Å². The summed E-state index contributed by atoms with van der Waals surface area (Å²) in [5.74, 6) is 0.939. The molecule has 0 aromatic carbocycles. The van der Waals surface area contributed by atoms with Crippen LogP contribution >= 0.6 is 0 Å². The van der Waals surface area contributed by atoms with Gasteiger partial charge in [-0.3, -0.25) is 5.10 Å². The minimum Gasteiger partial charge on any atom is -0.357 e. The van der Waals surface area contributed by atoms with E-state index in [1.807, 2.05) is 18.2 Å². The van der Waals surface area contributed by atoms with Crippen LogP contribution in [0.4, 0.5) is 5.82 Å². The van der Waals surface area contributed by atoms with E-state index in [2.05, 4.69) is 24.8 Å². The zero-order valence-electron chi connectivity index (χ0n) is 11.4. The molecule has 0 spiro atoms. The van der Waals surface area contributed by atoms with Crippen LogP contribution in [0.3, 0.4) is 0 Å². The summed E-state index contributed by atoms with van der Waals surface area (Å²) >= 11 is 0. The second-order valence-corrected chi connectivity index (χ2v) is 6.72. The average Bonchev–Trinajstić information content (AvgIpc) is 3.04. The summed E-state index contributed by atoms with van der Waals surface area (Å²) in [4.78, 5) is 6.66. The van der Waals surface area contributed by atoms with Crippen LogP contribution in [0.1, 0.15) is 12.8 Å². The Kier molecular flexibility index (Phi) is 3.89. The Labute approximate surface area is 123 Å². The number of anilines is 1. The summed E-state index contributed by atoms with van der Waals surface area (Å²) in [5, 5.41) is 6.19. The Balaban J connectivity index is 1.59. The fraction of sp³-hybridized carbons (Fsp3) is 0.385. The highest BCUT2D eigenvalue weighted by atomic mass is 32.2. The lowest BCUT2D eigenvalue weighted by atomic mass is 10.1. The minimum atomic E-state index is -3.48. The van der Waals surface area contributed by atoms with Crippen molar-refractivity contribution in [1.82, 2.24) is 19.9 Å². The fourth-order valence-electron chi connectivity index (χ4n) is 2.44. The molecule has 0 radical (unpaired) electrons. The van der Waals surface area contributed by atoms with Crippen LogP contribution in [-0.4, -0.2) is 42.7 Å². The lowest BCUT2D eigenvalue weighted by molar-refractivity contribution is 0.458. The maximum absolute atomic E-state index is 12.1. The maximum Gasteiger partial charge on any atom is 0.243 e. The SMILES string of the molecule is O=S(=O)(NC1CCN(c2ccccn2)CC1)c1cn[nH]c1. The highest BCUT2D eigenvalue weighted by Crippen LogP contribution is 2.18. The van der Waals surface area contributed by atoms with Crippen molar-refractivity contribution in [3.05, 3.63) is 36.8 Å². The number of hydrogen-bond donors (Lipinski definition) is 2. The number of nitrogens with one attached hydrogen (secondary N) is 2. The Morgan fingerprint density at radius 1 is 1.29 bits per heavy atom. The van der Waals surface area contributed by atoms with Gasteiger partial charge in [-0.05, 0) is 25.0 Å². The minimum absolute atomic E-state index is 0.0511. The van der Waals surface area contributed by atoms with Crippen molar-refractivity contribution in [2.24, 2.45) is 0 Å². The van der Waals surface area contributed by atoms with E-state index in [1.54, 1.807) is 6.20 Å². The highest BCUT2D eigenvalue weighted by molar-refractivity contribution is 7.89. The Hall–Kier alpha value is -1.93. The Morgan fingerprint density at radius 2 is 2.10 bits per heavy atom. The van der Waals surface area contributed by atoms with Gasteiger partial charge < -0.3 is 4.90 Å². The zero-order chi connectivity index (χ0) is 14.7. The molecule has 21 heavy (non-hydrogen) atoms. The van der Waals surface area contributed by atoms with Crippen molar-refractivity contribution in [1.29, 1.82) is 0 Å². The molecule has 2 aromatic rings. The molecule has 0 unspecified atom stereocenters. The third kappa shape index (κ3) is 3.22. The molecule has 1 fully saturated rings. The molecule has 1 aliphatic heterocycles. The first-order valence-corrected chi connectivity index (χ1v) is 8.30. The van der Waals surface area contributed by atoms with Crippen LogP contribution in [-0.2, 0) is 10.0 Å². The van der Waals surface area contributed by atoms with E-state index in [1.165, 1.54) is 12.4 Å². The number of sulfonamides is 1. The molecular formula is C13H17N5O2S. The van der Waals surface area contributed by atoms with Gasteiger partial charge in [0.05, 0.1) is 6.20 Å². The van der Waals surface area contributed by atoms with E-state index in [0.717, 1.165) is 31.7 Å². The quantitative estimate of drug-likeness (QED) is 0.870. The van der Waals surface area contributed by atoms with Gasteiger partial charge in [0.2, 0.25) is 10.0 Å². The monoisotopic (exact) mass is 307 g/mol. The molecule has 0 bridgehead atoms. The van der Waals surface area contributed by atoms with Gasteiger partial charge in [-0.25, -0.2) is 18.1 Å². The van der Waals surface area contributed by atoms with Crippen LogP contribution in [0.2, 0.25) is 0 Å². The molecule has 0 amide bonds. The van der Waals surface area contributed by atoms with E-state index >= 15 is 0 Å².